The van der Waals surface area contributed by atoms with Crippen LogP contribution in [0.25, 0.3) is 0 Å². The molecule has 1 aliphatic rings. The Kier molecular flexibility index (Phi) is 7.04. The predicted molar refractivity (Wildman–Crippen MR) is 104 cm³/mol. The molecule has 0 atom stereocenters. The van der Waals surface area contributed by atoms with Gasteiger partial charge >= 0.3 is 0 Å². The topological polar surface area (TPSA) is 109 Å². The number of carbonyl (C=O) groups is 1. The number of primary amides is 1. The molecule has 0 bridgehead atoms. The molecule has 2 heterocycles. The number of hydrogen-bond donors (Lipinski definition) is 3. The number of aromatic amines is 1. The maximum Gasteiger partial charge on any atom is 0.286 e. The number of ether oxygens (including phenoxy) is 1. The Hall–Kier alpha value is -2.61. The number of anilines is 1. The summed E-state index contributed by atoms with van der Waals surface area (Å²) in [6.07, 6.45) is 5.80. The van der Waals surface area contributed by atoms with Crippen molar-refractivity contribution in [3.8, 4) is 5.75 Å². The number of piperidine rings is 1. The number of hydrogen-bond acceptors (Lipinski definition) is 6. The van der Waals surface area contributed by atoms with Crippen LogP contribution in [-0.2, 0) is 6.54 Å². The molecule has 4 N–H and O–H groups in total. The van der Waals surface area contributed by atoms with Crippen LogP contribution >= 0.6 is 0 Å². The maximum absolute atomic E-state index is 10.9. The normalized spacial score (nSPS) is 14.8. The Morgan fingerprint density at radius 2 is 2.11 bits per heavy atom. The van der Waals surface area contributed by atoms with Crippen LogP contribution in [0.5, 0.6) is 5.75 Å². The van der Waals surface area contributed by atoms with E-state index in [9.17, 15) is 4.79 Å². The minimum atomic E-state index is -0.619. The summed E-state index contributed by atoms with van der Waals surface area (Å²) in [7, 11) is 0. The second-order valence-corrected chi connectivity index (χ2v) is 6.84. The van der Waals surface area contributed by atoms with Crippen molar-refractivity contribution in [3.05, 3.63) is 35.7 Å². The molecule has 1 aromatic heterocycles. The van der Waals surface area contributed by atoms with Crippen molar-refractivity contribution in [3.63, 3.8) is 0 Å². The molecule has 1 saturated heterocycles. The fourth-order valence-electron chi connectivity index (χ4n) is 3.18. The number of nitrogens with one attached hydrogen (secondary N) is 2. The van der Waals surface area contributed by atoms with Crippen molar-refractivity contribution in [2.24, 2.45) is 5.73 Å². The summed E-state index contributed by atoms with van der Waals surface area (Å²) in [5, 5.41) is 9.41. The highest BCUT2D eigenvalue weighted by Gasteiger charge is 2.10. The van der Waals surface area contributed by atoms with E-state index in [0.717, 1.165) is 25.1 Å². The highest BCUT2D eigenvalue weighted by molar-refractivity contribution is 5.88. The lowest BCUT2D eigenvalue weighted by Crippen LogP contribution is -2.29. The van der Waals surface area contributed by atoms with Gasteiger partial charge in [-0.2, -0.15) is 4.98 Å². The lowest BCUT2D eigenvalue weighted by molar-refractivity contribution is 0.0991. The smallest absolute Gasteiger partial charge is 0.286 e. The molecule has 8 heteroatoms. The van der Waals surface area contributed by atoms with Gasteiger partial charge in [-0.1, -0.05) is 18.6 Å². The second kappa shape index (κ2) is 9.91. The first-order valence-electron chi connectivity index (χ1n) is 9.61. The number of benzene rings is 1. The molecule has 1 fully saturated rings. The zero-order valence-corrected chi connectivity index (χ0v) is 15.6. The van der Waals surface area contributed by atoms with E-state index in [1.165, 1.54) is 37.9 Å². The Bertz CT molecular complexity index is 726. The van der Waals surface area contributed by atoms with Crippen LogP contribution in [0, 0.1) is 0 Å². The number of nitrogens with zero attached hydrogens (tertiary/aromatic N) is 3. The van der Waals surface area contributed by atoms with Crippen LogP contribution in [0.15, 0.2) is 24.3 Å². The first-order chi connectivity index (χ1) is 13.2. The summed E-state index contributed by atoms with van der Waals surface area (Å²) in [5.41, 5.74) is 6.43. The average molecular weight is 372 g/mol. The third-order valence-electron chi connectivity index (χ3n) is 4.60. The Labute approximate surface area is 159 Å². The van der Waals surface area contributed by atoms with Crippen molar-refractivity contribution in [1.82, 2.24) is 20.1 Å². The maximum atomic E-state index is 10.9. The highest BCUT2D eigenvalue weighted by atomic mass is 16.5. The summed E-state index contributed by atoms with van der Waals surface area (Å²) in [6.45, 7) is 4.77. The Morgan fingerprint density at radius 3 is 2.89 bits per heavy atom. The van der Waals surface area contributed by atoms with Crippen LogP contribution in [0.4, 0.5) is 5.95 Å². The highest BCUT2D eigenvalue weighted by Crippen LogP contribution is 2.17. The van der Waals surface area contributed by atoms with E-state index in [2.05, 4.69) is 43.6 Å². The molecule has 0 saturated carbocycles. The van der Waals surface area contributed by atoms with E-state index in [0.29, 0.717) is 19.1 Å². The lowest BCUT2D eigenvalue weighted by atomic mass is 10.1. The van der Waals surface area contributed by atoms with E-state index < -0.39 is 5.91 Å². The number of likely N-dealkylation sites (tertiary alicyclic amines) is 1. The van der Waals surface area contributed by atoms with Gasteiger partial charge in [0.25, 0.3) is 5.91 Å². The monoisotopic (exact) mass is 372 g/mol. The van der Waals surface area contributed by atoms with Gasteiger partial charge in [0.15, 0.2) is 0 Å². The van der Waals surface area contributed by atoms with Crippen molar-refractivity contribution in [2.45, 2.75) is 38.6 Å². The summed E-state index contributed by atoms with van der Waals surface area (Å²) in [4.78, 5) is 17.4. The van der Waals surface area contributed by atoms with Gasteiger partial charge in [0.05, 0.1) is 6.61 Å². The molecule has 0 unspecified atom stereocenters. The first kappa shape index (κ1) is 19.2. The van der Waals surface area contributed by atoms with Crippen molar-refractivity contribution >= 4 is 11.9 Å². The van der Waals surface area contributed by atoms with Gasteiger partial charge in [0.1, 0.15) is 5.75 Å². The molecule has 0 aliphatic carbocycles. The molecule has 3 rings (SSSR count). The minimum absolute atomic E-state index is 0.0604. The SMILES string of the molecule is NC(=O)c1nc(NCCCCOc2cccc(CN3CCCCC3)c2)n[nH]1. The number of carbonyl (C=O) groups excluding carboxylic acids is 1. The lowest BCUT2D eigenvalue weighted by Gasteiger charge is -2.26. The molecule has 1 amide bonds. The van der Waals surface area contributed by atoms with E-state index >= 15 is 0 Å². The van der Waals surface area contributed by atoms with Crippen LogP contribution in [0.1, 0.15) is 48.3 Å². The number of aromatic nitrogens is 3. The molecule has 146 valence electrons. The van der Waals surface area contributed by atoms with Crippen molar-refractivity contribution in [2.75, 3.05) is 31.6 Å². The van der Waals surface area contributed by atoms with E-state index in [-0.39, 0.29) is 5.82 Å². The molecular weight excluding hydrogens is 344 g/mol. The van der Waals surface area contributed by atoms with Gasteiger partial charge in [-0.25, -0.2) is 0 Å². The molecule has 27 heavy (non-hydrogen) atoms. The third kappa shape index (κ3) is 6.25. The van der Waals surface area contributed by atoms with Gasteiger partial charge < -0.3 is 15.8 Å². The third-order valence-corrected chi connectivity index (χ3v) is 4.60. The van der Waals surface area contributed by atoms with E-state index in [4.69, 9.17) is 10.5 Å². The van der Waals surface area contributed by atoms with Crippen LogP contribution in [0.2, 0.25) is 0 Å². The average Bonchev–Trinajstić information content (AvgIpc) is 3.15. The van der Waals surface area contributed by atoms with Gasteiger partial charge in [-0.3, -0.25) is 14.8 Å². The number of nitrogens with two attached hydrogens (primary N) is 1. The van der Waals surface area contributed by atoms with E-state index in [1.807, 2.05) is 6.07 Å². The standard InChI is InChI=1S/C19H28N6O2/c20-17(26)18-22-19(24-23-18)21-9-2-5-12-27-16-8-6-7-15(13-16)14-25-10-3-1-4-11-25/h6-8,13H,1-5,9-12,14H2,(H2,20,26)(H2,21,22,23,24). The van der Waals surface area contributed by atoms with Gasteiger partial charge in [0.2, 0.25) is 11.8 Å². The van der Waals surface area contributed by atoms with E-state index in [1.54, 1.807) is 0 Å². The summed E-state index contributed by atoms with van der Waals surface area (Å²) < 4.78 is 5.88. The molecule has 0 spiro atoms. The molecule has 1 aliphatic heterocycles. The number of rotatable bonds is 10. The van der Waals surface area contributed by atoms with Crippen molar-refractivity contribution in [1.29, 1.82) is 0 Å². The largest absolute Gasteiger partial charge is 0.494 e. The first-order valence-corrected chi connectivity index (χ1v) is 9.61. The molecule has 8 nitrogen and oxygen atoms in total. The number of amides is 1. The minimum Gasteiger partial charge on any atom is -0.494 e. The van der Waals surface area contributed by atoms with Crippen LogP contribution in [0.3, 0.4) is 0 Å². The number of unbranched alkanes of at least 4 members (excludes halogenated alkanes) is 1. The fourth-order valence-corrected chi connectivity index (χ4v) is 3.18. The molecule has 0 radical (unpaired) electrons. The quantitative estimate of drug-likeness (QED) is 0.552. The summed E-state index contributed by atoms with van der Waals surface area (Å²) in [5.74, 6) is 0.754. The second-order valence-electron chi connectivity index (χ2n) is 6.84. The number of H-pyrrole nitrogens is 1. The van der Waals surface area contributed by atoms with Crippen molar-refractivity contribution < 1.29 is 9.53 Å². The van der Waals surface area contributed by atoms with Gasteiger partial charge in [0, 0.05) is 13.1 Å². The molecule has 2 aromatic rings. The summed E-state index contributed by atoms with van der Waals surface area (Å²) in [6, 6.07) is 8.39. The predicted octanol–water partition coefficient (Wildman–Crippen LogP) is 2.16. The van der Waals surface area contributed by atoms with Crippen LogP contribution in [-0.4, -0.2) is 52.2 Å². The molecular formula is C19H28N6O2. The zero-order valence-electron chi connectivity index (χ0n) is 15.6. The fraction of sp³-hybridized carbons (Fsp3) is 0.526. The molecule has 1 aromatic carbocycles. The summed E-state index contributed by atoms with van der Waals surface area (Å²) >= 11 is 0. The van der Waals surface area contributed by atoms with Crippen LogP contribution < -0.4 is 15.8 Å². The van der Waals surface area contributed by atoms with Gasteiger partial charge in [-0.15, -0.1) is 5.10 Å². The Balaban J connectivity index is 1.32. The zero-order chi connectivity index (χ0) is 18.9. The Morgan fingerprint density at radius 1 is 1.26 bits per heavy atom. The van der Waals surface area contributed by atoms with Gasteiger partial charge in [-0.05, 0) is 56.5 Å².